The van der Waals surface area contributed by atoms with E-state index < -0.39 is 0 Å². The SMILES string of the molecule is CCNC(CSc1cc(C)ccc1C)C(C)CC. The topological polar surface area (TPSA) is 12.0 Å². The lowest BCUT2D eigenvalue weighted by molar-refractivity contribution is 0.404. The van der Waals surface area contributed by atoms with Crippen molar-refractivity contribution >= 4 is 11.8 Å². The maximum absolute atomic E-state index is 3.62. The largest absolute Gasteiger partial charge is 0.313 e. The second-order valence-corrected chi connectivity index (χ2v) is 6.19. The summed E-state index contributed by atoms with van der Waals surface area (Å²) >= 11 is 1.99. The van der Waals surface area contributed by atoms with Crippen LogP contribution < -0.4 is 5.32 Å². The number of hydrogen-bond donors (Lipinski definition) is 1. The zero-order valence-corrected chi connectivity index (χ0v) is 13.2. The molecule has 0 amide bonds. The van der Waals surface area contributed by atoms with Crippen LogP contribution in [0.15, 0.2) is 23.1 Å². The van der Waals surface area contributed by atoms with Gasteiger partial charge in [-0.2, -0.15) is 0 Å². The molecule has 0 heterocycles. The van der Waals surface area contributed by atoms with Gasteiger partial charge in [-0.15, -0.1) is 11.8 Å². The highest BCUT2D eigenvalue weighted by atomic mass is 32.2. The standard InChI is InChI=1S/C16H27NS/c1-6-13(4)15(17-7-2)11-18-16-10-12(3)8-9-14(16)5/h8-10,13,15,17H,6-7,11H2,1-5H3. The lowest BCUT2D eigenvalue weighted by atomic mass is 10.0. The number of hydrogen-bond acceptors (Lipinski definition) is 2. The summed E-state index contributed by atoms with van der Waals surface area (Å²) in [5.41, 5.74) is 2.75. The quantitative estimate of drug-likeness (QED) is 0.732. The molecule has 1 aromatic carbocycles. The van der Waals surface area contributed by atoms with E-state index >= 15 is 0 Å². The second kappa shape index (κ2) is 7.85. The number of rotatable bonds is 7. The van der Waals surface area contributed by atoms with Crippen molar-refractivity contribution in [2.75, 3.05) is 12.3 Å². The van der Waals surface area contributed by atoms with Gasteiger partial charge in [0.2, 0.25) is 0 Å². The van der Waals surface area contributed by atoms with Crippen LogP contribution in [0.2, 0.25) is 0 Å². The van der Waals surface area contributed by atoms with Crippen molar-refractivity contribution < 1.29 is 0 Å². The smallest absolute Gasteiger partial charge is 0.0187 e. The zero-order chi connectivity index (χ0) is 13.5. The van der Waals surface area contributed by atoms with E-state index in [9.17, 15) is 0 Å². The van der Waals surface area contributed by atoms with Crippen molar-refractivity contribution in [1.29, 1.82) is 0 Å². The summed E-state index contributed by atoms with van der Waals surface area (Å²) in [6.45, 7) is 12.2. The molecule has 1 aromatic rings. The predicted molar refractivity (Wildman–Crippen MR) is 83.6 cm³/mol. The Morgan fingerprint density at radius 2 is 1.94 bits per heavy atom. The van der Waals surface area contributed by atoms with E-state index in [1.54, 1.807) is 0 Å². The lowest BCUT2D eigenvalue weighted by Gasteiger charge is -2.23. The summed E-state index contributed by atoms with van der Waals surface area (Å²) < 4.78 is 0. The Morgan fingerprint density at radius 1 is 1.22 bits per heavy atom. The Balaban J connectivity index is 2.63. The van der Waals surface area contributed by atoms with Crippen molar-refractivity contribution in [3.05, 3.63) is 29.3 Å². The summed E-state index contributed by atoms with van der Waals surface area (Å²) in [4.78, 5) is 1.43. The minimum Gasteiger partial charge on any atom is -0.313 e. The Bertz CT molecular complexity index is 362. The van der Waals surface area contributed by atoms with Gasteiger partial charge in [-0.25, -0.2) is 0 Å². The summed E-state index contributed by atoms with van der Waals surface area (Å²) in [7, 11) is 0. The number of aryl methyl sites for hydroxylation is 2. The van der Waals surface area contributed by atoms with Crippen LogP contribution in [0, 0.1) is 19.8 Å². The molecule has 0 saturated heterocycles. The average molecular weight is 265 g/mol. The van der Waals surface area contributed by atoms with Crippen LogP contribution in [-0.4, -0.2) is 18.3 Å². The predicted octanol–water partition coefficient (Wildman–Crippen LogP) is 4.42. The van der Waals surface area contributed by atoms with Gasteiger partial charge < -0.3 is 5.32 Å². The van der Waals surface area contributed by atoms with E-state index in [-0.39, 0.29) is 0 Å². The van der Waals surface area contributed by atoms with E-state index in [1.165, 1.54) is 22.4 Å². The molecule has 0 fully saturated rings. The monoisotopic (exact) mass is 265 g/mol. The Hall–Kier alpha value is -0.470. The number of nitrogens with one attached hydrogen (secondary N) is 1. The molecule has 2 heteroatoms. The van der Waals surface area contributed by atoms with Gasteiger partial charge in [0.1, 0.15) is 0 Å². The molecule has 0 aromatic heterocycles. The molecule has 1 N–H and O–H groups in total. The highest BCUT2D eigenvalue weighted by molar-refractivity contribution is 7.99. The first-order chi connectivity index (χ1) is 8.58. The van der Waals surface area contributed by atoms with Crippen LogP contribution in [-0.2, 0) is 0 Å². The zero-order valence-electron chi connectivity index (χ0n) is 12.4. The highest BCUT2D eigenvalue weighted by Gasteiger charge is 2.15. The van der Waals surface area contributed by atoms with Crippen LogP contribution in [0.3, 0.4) is 0 Å². The summed E-state index contributed by atoms with van der Waals surface area (Å²) in [5, 5.41) is 3.62. The van der Waals surface area contributed by atoms with E-state index in [0.29, 0.717) is 6.04 Å². The normalized spacial score (nSPS) is 14.5. The third-order valence-corrected chi connectivity index (χ3v) is 4.84. The fourth-order valence-corrected chi connectivity index (χ4v) is 3.38. The van der Waals surface area contributed by atoms with E-state index in [0.717, 1.165) is 18.2 Å². The summed E-state index contributed by atoms with van der Waals surface area (Å²) in [5.74, 6) is 1.90. The third-order valence-electron chi connectivity index (χ3n) is 3.56. The van der Waals surface area contributed by atoms with Gasteiger partial charge in [-0.1, -0.05) is 44.9 Å². The molecule has 2 atom stereocenters. The maximum Gasteiger partial charge on any atom is 0.0187 e. The molecule has 2 unspecified atom stereocenters. The van der Waals surface area contributed by atoms with Crippen LogP contribution in [0.4, 0.5) is 0 Å². The van der Waals surface area contributed by atoms with E-state index in [4.69, 9.17) is 0 Å². The molecule has 0 aliphatic rings. The number of thioether (sulfide) groups is 1. The van der Waals surface area contributed by atoms with Crippen molar-refractivity contribution in [3.63, 3.8) is 0 Å². The van der Waals surface area contributed by atoms with Crippen LogP contribution in [0.5, 0.6) is 0 Å². The van der Waals surface area contributed by atoms with Crippen LogP contribution >= 0.6 is 11.8 Å². The molecule has 0 radical (unpaired) electrons. The van der Waals surface area contributed by atoms with Gasteiger partial charge in [0, 0.05) is 16.7 Å². The molecule has 0 aliphatic carbocycles. The molecule has 0 bridgehead atoms. The van der Waals surface area contributed by atoms with Crippen molar-refractivity contribution in [2.24, 2.45) is 5.92 Å². The van der Waals surface area contributed by atoms with Gasteiger partial charge in [0.25, 0.3) is 0 Å². The fourth-order valence-electron chi connectivity index (χ4n) is 2.01. The minimum atomic E-state index is 0.616. The second-order valence-electron chi connectivity index (χ2n) is 5.13. The Labute approximate surface area is 117 Å². The molecule has 0 saturated carbocycles. The third kappa shape index (κ3) is 4.66. The molecule has 102 valence electrons. The van der Waals surface area contributed by atoms with Crippen LogP contribution in [0.1, 0.15) is 38.3 Å². The van der Waals surface area contributed by atoms with Gasteiger partial charge in [0.15, 0.2) is 0 Å². The highest BCUT2D eigenvalue weighted by Crippen LogP contribution is 2.26. The van der Waals surface area contributed by atoms with Gasteiger partial charge in [0.05, 0.1) is 0 Å². The Morgan fingerprint density at radius 3 is 2.56 bits per heavy atom. The lowest BCUT2D eigenvalue weighted by Crippen LogP contribution is -2.36. The molecule has 1 nitrogen and oxygen atoms in total. The van der Waals surface area contributed by atoms with E-state index in [1.807, 2.05) is 11.8 Å². The fraction of sp³-hybridized carbons (Fsp3) is 0.625. The van der Waals surface area contributed by atoms with Gasteiger partial charge >= 0.3 is 0 Å². The van der Waals surface area contributed by atoms with Gasteiger partial charge in [-0.3, -0.25) is 0 Å². The van der Waals surface area contributed by atoms with Crippen molar-refractivity contribution in [2.45, 2.75) is 52.0 Å². The molecule has 0 spiro atoms. The molecular formula is C16H27NS. The molecule has 18 heavy (non-hydrogen) atoms. The summed E-state index contributed by atoms with van der Waals surface area (Å²) in [6, 6.07) is 7.34. The van der Waals surface area contributed by atoms with E-state index in [2.05, 4.69) is 58.1 Å². The first-order valence-electron chi connectivity index (χ1n) is 7.01. The van der Waals surface area contributed by atoms with Crippen LogP contribution in [0.25, 0.3) is 0 Å². The minimum absolute atomic E-state index is 0.616. The first kappa shape index (κ1) is 15.6. The Kier molecular flexibility index (Phi) is 6.80. The maximum atomic E-state index is 3.62. The van der Waals surface area contributed by atoms with Gasteiger partial charge in [-0.05, 0) is 37.9 Å². The first-order valence-corrected chi connectivity index (χ1v) is 8.00. The molecule has 0 aliphatic heterocycles. The molecule has 1 rings (SSSR count). The molecular weight excluding hydrogens is 238 g/mol. The average Bonchev–Trinajstić information content (AvgIpc) is 2.37. The number of benzene rings is 1. The van der Waals surface area contributed by atoms with Crippen molar-refractivity contribution in [1.82, 2.24) is 5.32 Å². The summed E-state index contributed by atoms with van der Waals surface area (Å²) in [6.07, 6.45) is 1.24. The van der Waals surface area contributed by atoms with Crippen molar-refractivity contribution in [3.8, 4) is 0 Å².